The van der Waals surface area contributed by atoms with E-state index in [0.717, 1.165) is 16.8 Å². The maximum absolute atomic E-state index is 13.0. The van der Waals surface area contributed by atoms with Crippen molar-refractivity contribution in [1.29, 1.82) is 0 Å². The normalized spacial score (nSPS) is 11.3. The Morgan fingerprint density at radius 2 is 1.96 bits per heavy atom. The van der Waals surface area contributed by atoms with Crippen molar-refractivity contribution in [1.82, 2.24) is 19.4 Å². The zero-order chi connectivity index (χ0) is 17.9. The Morgan fingerprint density at radius 1 is 1.12 bits per heavy atom. The van der Waals surface area contributed by atoms with Gasteiger partial charge in [0.1, 0.15) is 5.69 Å². The summed E-state index contributed by atoms with van der Waals surface area (Å²) in [6.45, 7) is 0. The van der Waals surface area contributed by atoms with Crippen molar-refractivity contribution in [2.75, 3.05) is 7.11 Å². The summed E-state index contributed by atoms with van der Waals surface area (Å²) < 4.78 is 6.93. The number of nitrogens with zero attached hydrogens (tertiary/aromatic N) is 4. The molecule has 0 aliphatic rings. The van der Waals surface area contributed by atoms with Crippen LogP contribution in [-0.4, -0.2) is 26.5 Å². The summed E-state index contributed by atoms with van der Waals surface area (Å²) in [4.78, 5) is 26.3. The lowest BCUT2D eigenvalue weighted by Gasteiger charge is -2.06. The molecule has 4 heterocycles. The topological polar surface area (TPSA) is 69.4 Å². The van der Waals surface area contributed by atoms with Crippen LogP contribution >= 0.6 is 11.3 Å². The minimum absolute atomic E-state index is 0.205. The van der Waals surface area contributed by atoms with Crippen LogP contribution in [0.4, 0.5) is 0 Å². The van der Waals surface area contributed by atoms with Gasteiger partial charge in [-0.05, 0) is 29.8 Å². The molecule has 0 atom stereocenters. The van der Waals surface area contributed by atoms with E-state index in [9.17, 15) is 4.79 Å². The standard InChI is InChI=1S/C19H14N4O2S/c1-25-17-15(5-4-13-3-2-8-21-11-13)22-19-23(18(17)24)16(12-26-19)14-6-9-20-10-7-14/h2-12H,1H3/b5-4+. The van der Waals surface area contributed by atoms with Crippen LogP contribution in [0.1, 0.15) is 11.3 Å². The molecule has 128 valence electrons. The molecule has 4 rings (SSSR count). The molecule has 0 amide bonds. The highest BCUT2D eigenvalue weighted by molar-refractivity contribution is 7.15. The molecule has 0 aromatic carbocycles. The van der Waals surface area contributed by atoms with E-state index in [-0.39, 0.29) is 11.3 Å². The first-order chi connectivity index (χ1) is 12.8. The quantitative estimate of drug-likeness (QED) is 0.557. The Labute approximate surface area is 153 Å². The molecule has 4 aromatic rings. The lowest BCUT2D eigenvalue weighted by atomic mass is 10.2. The fourth-order valence-electron chi connectivity index (χ4n) is 2.63. The van der Waals surface area contributed by atoms with Crippen LogP contribution in [0.3, 0.4) is 0 Å². The molecular weight excluding hydrogens is 348 g/mol. The molecule has 0 saturated carbocycles. The zero-order valence-corrected chi connectivity index (χ0v) is 14.7. The summed E-state index contributed by atoms with van der Waals surface area (Å²) in [5, 5.41) is 1.91. The first kappa shape index (κ1) is 16.2. The van der Waals surface area contributed by atoms with Gasteiger partial charge in [0, 0.05) is 35.7 Å². The van der Waals surface area contributed by atoms with Crippen molar-refractivity contribution in [3.63, 3.8) is 0 Å². The zero-order valence-electron chi connectivity index (χ0n) is 13.9. The van der Waals surface area contributed by atoms with Gasteiger partial charge in [-0.1, -0.05) is 12.1 Å². The van der Waals surface area contributed by atoms with Crippen LogP contribution in [0.25, 0.3) is 28.4 Å². The van der Waals surface area contributed by atoms with Gasteiger partial charge in [-0.15, -0.1) is 11.3 Å². The smallest absolute Gasteiger partial charge is 0.302 e. The highest BCUT2D eigenvalue weighted by atomic mass is 32.1. The monoisotopic (exact) mass is 362 g/mol. The Bertz CT molecular complexity index is 1130. The fourth-order valence-corrected chi connectivity index (χ4v) is 3.53. The molecular formula is C19H14N4O2S. The number of hydrogen-bond donors (Lipinski definition) is 0. The molecule has 0 saturated heterocycles. The predicted molar refractivity (Wildman–Crippen MR) is 102 cm³/mol. The lowest BCUT2D eigenvalue weighted by Crippen LogP contribution is -2.18. The predicted octanol–water partition coefficient (Wildman–Crippen LogP) is 3.39. The molecule has 0 radical (unpaired) electrons. The summed E-state index contributed by atoms with van der Waals surface area (Å²) >= 11 is 1.41. The molecule has 0 aliphatic carbocycles. The molecule has 0 aliphatic heterocycles. The van der Waals surface area contributed by atoms with Crippen molar-refractivity contribution in [2.45, 2.75) is 0 Å². The number of fused-ring (bicyclic) bond motifs is 1. The summed E-state index contributed by atoms with van der Waals surface area (Å²) in [5.74, 6) is 0.205. The Morgan fingerprint density at radius 3 is 2.69 bits per heavy atom. The fraction of sp³-hybridized carbons (Fsp3) is 0.0526. The van der Waals surface area contributed by atoms with Gasteiger partial charge in [0.25, 0.3) is 0 Å². The van der Waals surface area contributed by atoms with Crippen LogP contribution in [0.2, 0.25) is 0 Å². The summed E-state index contributed by atoms with van der Waals surface area (Å²) in [7, 11) is 1.48. The van der Waals surface area contributed by atoms with Crippen molar-refractivity contribution in [3.8, 4) is 17.0 Å². The average molecular weight is 362 g/mol. The van der Waals surface area contributed by atoms with E-state index in [4.69, 9.17) is 4.74 Å². The van der Waals surface area contributed by atoms with Crippen LogP contribution in [0.5, 0.6) is 5.75 Å². The third-order valence-corrected chi connectivity index (χ3v) is 4.68. The van der Waals surface area contributed by atoms with E-state index in [0.29, 0.717) is 10.7 Å². The number of thiazole rings is 1. The first-order valence-corrected chi connectivity index (χ1v) is 8.72. The van der Waals surface area contributed by atoms with E-state index in [2.05, 4.69) is 15.0 Å². The Kier molecular flexibility index (Phi) is 4.28. The maximum Gasteiger partial charge on any atom is 0.302 e. The second kappa shape index (κ2) is 6.89. The largest absolute Gasteiger partial charge is 0.490 e. The second-order valence-electron chi connectivity index (χ2n) is 5.43. The maximum atomic E-state index is 13.0. The summed E-state index contributed by atoms with van der Waals surface area (Å²) in [6.07, 6.45) is 10.5. The van der Waals surface area contributed by atoms with Crippen molar-refractivity contribution in [3.05, 3.63) is 76.0 Å². The van der Waals surface area contributed by atoms with Gasteiger partial charge in [0.2, 0.25) is 5.75 Å². The molecule has 0 bridgehead atoms. The van der Waals surface area contributed by atoms with Crippen LogP contribution in [0.15, 0.2) is 59.2 Å². The molecule has 0 N–H and O–H groups in total. The summed E-state index contributed by atoms with van der Waals surface area (Å²) in [5.41, 5.74) is 2.84. The number of hydrogen-bond acceptors (Lipinski definition) is 6. The minimum atomic E-state index is -0.239. The van der Waals surface area contributed by atoms with Gasteiger partial charge in [0.05, 0.1) is 12.8 Å². The number of ether oxygens (including phenoxy) is 1. The molecule has 4 aromatic heterocycles. The minimum Gasteiger partial charge on any atom is -0.490 e. The molecule has 6 nitrogen and oxygen atoms in total. The molecule has 0 unspecified atom stereocenters. The van der Waals surface area contributed by atoms with Crippen molar-refractivity contribution < 1.29 is 4.74 Å². The Balaban J connectivity index is 1.87. The average Bonchev–Trinajstić information content (AvgIpc) is 3.12. The van der Waals surface area contributed by atoms with Gasteiger partial charge in [0.15, 0.2) is 4.96 Å². The van der Waals surface area contributed by atoms with Gasteiger partial charge >= 0.3 is 5.56 Å². The summed E-state index contributed by atoms with van der Waals surface area (Å²) in [6, 6.07) is 7.49. The van der Waals surface area contributed by atoms with Gasteiger partial charge in [-0.2, -0.15) is 0 Å². The van der Waals surface area contributed by atoms with E-state index >= 15 is 0 Å². The van der Waals surface area contributed by atoms with E-state index in [1.165, 1.54) is 18.4 Å². The number of pyridine rings is 2. The number of aromatic nitrogens is 4. The lowest BCUT2D eigenvalue weighted by molar-refractivity contribution is 0.404. The molecule has 26 heavy (non-hydrogen) atoms. The third-order valence-electron chi connectivity index (χ3n) is 3.85. The second-order valence-corrected chi connectivity index (χ2v) is 6.27. The van der Waals surface area contributed by atoms with Crippen LogP contribution < -0.4 is 10.3 Å². The van der Waals surface area contributed by atoms with Crippen molar-refractivity contribution >= 4 is 28.4 Å². The van der Waals surface area contributed by atoms with E-state index in [1.807, 2.05) is 35.7 Å². The van der Waals surface area contributed by atoms with E-state index in [1.54, 1.807) is 35.3 Å². The first-order valence-electron chi connectivity index (χ1n) is 7.84. The SMILES string of the molecule is COc1c(/C=C/c2cccnc2)nc2scc(-c3ccncc3)n2c1=O. The Hall–Kier alpha value is -3.32. The van der Waals surface area contributed by atoms with Gasteiger partial charge < -0.3 is 4.74 Å². The van der Waals surface area contributed by atoms with E-state index < -0.39 is 0 Å². The molecule has 0 fully saturated rings. The highest BCUT2D eigenvalue weighted by Crippen LogP contribution is 2.26. The van der Waals surface area contributed by atoms with Crippen LogP contribution in [0, 0.1) is 0 Å². The highest BCUT2D eigenvalue weighted by Gasteiger charge is 2.16. The van der Waals surface area contributed by atoms with Gasteiger partial charge in [-0.25, -0.2) is 9.38 Å². The van der Waals surface area contributed by atoms with Gasteiger partial charge in [-0.3, -0.25) is 14.8 Å². The van der Waals surface area contributed by atoms with Crippen molar-refractivity contribution in [2.24, 2.45) is 0 Å². The molecule has 7 heteroatoms. The third kappa shape index (κ3) is 2.89. The number of methoxy groups -OCH3 is 1. The molecule has 0 spiro atoms. The number of rotatable bonds is 4. The van der Waals surface area contributed by atoms with Crippen LogP contribution in [-0.2, 0) is 0 Å².